The molecular formula is C56H56N10O4. The van der Waals surface area contributed by atoms with Gasteiger partial charge in [0.05, 0.1) is 45.5 Å². The third-order valence-corrected chi connectivity index (χ3v) is 13.9. The van der Waals surface area contributed by atoms with Gasteiger partial charge in [-0.15, -0.1) is 0 Å². The van der Waals surface area contributed by atoms with Crippen molar-refractivity contribution in [2.45, 2.75) is 67.2 Å². The normalized spacial score (nSPS) is 12.5. The SMILES string of the molecule is C=Cc1c(C)c2cc3[nH]c(cc4nc(cc5nc(cc1[nH]2)C(C)=C5CCC(=O)Nc1c(C)n(C)n(-c2ccccc2)c1=O)C(CCC(=O)Nc1c(C)n(C)n(-c2ccccc2)c1=O)=C4C)c(C)c3C=C. The lowest BCUT2D eigenvalue weighted by atomic mass is 9.98. The Hall–Kier alpha value is -8.52. The van der Waals surface area contributed by atoms with Crippen LogP contribution in [0.4, 0.5) is 11.4 Å². The number of H-pyrrole nitrogens is 2. The first-order valence-electron chi connectivity index (χ1n) is 23.3. The molecule has 354 valence electrons. The smallest absolute Gasteiger partial charge is 0.295 e. The van der Waals surface area contributed by atoms with Crippen LogP contribution in [0.15, 0.2) is 108 Å². The van der Waals surface area contributed by atoms with E-state index in [9.17, 15) is 19.2 Å². The predicted octanol–water partition coefficient (Wildman–Crippen LogP) is 10.5. The van der Waals surface area contributed by atoms with Gasteiger partial charge in [-0.1, -0.05) is 61.7 Å². The van der Waals surface area contributed by atoms with E-state index in [1.54, 1.807) is 23.5 Å². The molecule has 9 rings (SSSR count). The molecule has 5 aromatic heterocycles. The maximum atomic E-state index is 13.9. The molecule has 7 aromatic rings. The molecule has 2 aliphatic heterocycles. The van der Waals surface area contributed by atoms with E-state index in [0.717, 1.165) is 66.6 Å². The van der Waals surface area contributed by atoms with E-state index in [0.29, 0.717) is 58.4 Å². The number of nitrogens with zero attached hydrogens (tertiary/aromatic N) is 6. The van der Waals surface area contributed by atoms with Crippen LogP contribution in [0.2, 0.25) is 0 Å². The Morgan fingerprint density at radius 2 is 0.943 bits per heavy atom. The molecule has 0 atom stereocenters. The van der Waals surface area contributed by atoms with Gasteiger partial charge >= 0.3 is 0 Å². The van der Waals surface area contributed by atoms with Crippen LogP contribution in [0.5, 0.6) is 0 Å². The van der Waals surface area contributed by atoms with Crippen molar-refractivity contribution in [1.82, 2.24) is 38.7 Å². The first kappa shape index (κ1) is 46.6. The number of hydrogen-bond donors (Lipinski definition) is 4. The number of carbonyl (C=O) groups is 2. The number of benzene rings is 2. The Kier molecular flexibility index (Phi) is 12.3. The monoisotopic (exact) mass is 932 g/mol. The van der Waals surface area contributed by atoms with Gasteiger partial charge in [0.25, 0.3) is 11.1 Å². The first-order chi connectivity index (χ1) is 33.6. The second kappa shape index (κ2) is 18.5. The second-order valence-electron chi connectivity index (χ2n) is 17.9. The summed E-state index contributed by atoms with van der Waals surface area (Å²) < 4.78 is 6.55. The van der Waals surface area contributed by atoms with E-state index in [4.69, 9.17) is 9.97 Å². The van der Waals surface area contributed by atoms with Crippen LogP contribution in [0, 0.1) is 27.7 Å². The molecule has 0 saturated carbocycles. The van der Waals surface area contributed by atoms with Crippen molar-refractivity contribution in [3.63, 3.8) is 0 Å². The second-order valence-corrected chi connectivity index (χ2v) is 17.9. The van der Waals surface area contributed by atoms with Crippen LogP contribution in [0.1, 0.15) is 95.9 Å². The summed E-state index contributed by atoms with van der Waals surface area (Å²) in [7, 11) is 3.58. The predicted molar refractivity (Wildman–Crippen MR) is 283 cm³/mol. The third kappa shape index (κ3) is 8.20. The number of aryl methyl sites for hydroxylation is 2. The summed E-state index contributed by atoms with van der Waals surface area (Å²) in [6.45, 7) is 20.0. The summed E-state index contributed by atoms with van der Waals surface area (Å²) in [4.78, 5) is 72.9. The van der Waals surface area contributed by atoms with Gasteiger partial charge in [0.2, 0.25) is 11.8 Å². The van der Waals surface area contributed by atoms with Crippen molar-refractivity contribution < 1.29 is 9.59 Å². The molecule has 0 saturated heterocycles. The molecule has 14 nitrogen and oxygen atoms in total. The number of aromatic nitrogens is 8. The zero-order chi connectivity index (χ0) is 49.7. The van der Waals surface area contributed by atoms with E-state index in [1.807, 2.05) is 126 Å². The van der Waals surface area contributed by atoms with E-state index in [-0.39, 0.29) is 47.1 Å². The Morgan fingerprint density at radius 1 is 0.557 bits per heavy atom. The fourth-order valence-electron chi connectivity index (χ4n) is 9.61. The number of allylic oxidation sites excluding steroid dienone is 4. The van der Waals surface area contributed by atoms with Crippen molar-refractivity contribution in [3.8, 4) is 11.4 Å². The van der Waals surface area contributed by atoms with E-state index < -0.39 is 0 Å². The number of para-hydroxylation sites is 2. The average molecular weight is 933 g/mol. The van der Waals surface area contributed by atoms with Crippen LogP contribution in [-0.2, 0) is 23.7 Å². The van der Waals surface area contributed by atoms with E-state index in [2.05, 4.69) is 46.7 Å². The molecule has 0 aliphatic carbocycles. The topological polar surface area (TPSA) is 169 Å². The molecule has 0 radical (unpaired) electrons. The van der Waals surface area contributed by atoms with Gasteiger partial charge in [0.15, 0.2) is 0 Å². The van der Waals surface area contributed by atoms with E-state index >= 15 is 0 Å². The van der Waals surface area contributed by atoms with Crippen molar-refractivity contribution >= 4 is 79.7 Å². The number of nitrogens with one attached hydrogen (secondary N) is 4. The summed E-state index contributed by atoms with van der Waals surface area (Å²) in [6.07, 6.45) is 4.43. The maximum absolute atomic E-state index is 13.9. The van der Waals surface area contributed by atoms with Gasteiger partial charge in [-0.2, -0.15) is 0 Å². The average Bonchev–Trinajstić information content (AvgIpc) is 4.10. The molecule has 2 aliphatic rings. The largest absolute Gasteiger partial charge is 0.355 e. The number of anilines is 2. The van der Waals surface area contributed by atoms with Gasteiger partial charge in [-0.3, -0.25) is 28.5 Å². The number of fused-ring (bicyclic) bond motifs is 8. The number of hydrogen-bond acceptors (Lipinski definition) is 6. The summed E-state index contributed by atoms with van der Waals surface area (Å²) in [5.41, 5.74) is 15.9. The van der Waals surface area contributed by atoms with Crippen LogP contribution >= 0.6 is 0 Å². The lowest BCUT2D eigenvalue weighted by Gasteiger charge is -2.08. The zero-order valence-electron chi connectivity index (χ0n) is 40.8. The fraction of sp³-hybridized carbons (Fsp3) is 0.214. The van der Waals surface area contributed by atoms with E-state index in [1.165, 1.54) is 9.36 Å². The number of aromatic amines is 2. The molecule has 2 aromatic carbocycles. The fourth-order valence-corrected chi connectivity index (χ4v) is 9.61. The zero-order valence-corrected chi connectivity index (χ0v) is 40.8. The van der Waals surface area contributed by atoms with Crippen molar-refractivity contribution in [2.75, 3.05) is 10.6 Å². The van der Waals surface area contributed by atoms with Crippen LogP contribution in [-0.4, -0.2) is 50.5 Å². The summed E-state index contributed by atoms with van der Waals surface area (Å²) >= 11 is 0. The molecule has 0 fully saturated rings. The van der Waals surface area contributed by atoms with Gasteiger partial charge < -0.3 is 20.6 Å². The minimum absolute atomic E-state index is 0.0643. The molecule has 14 heteroatoms. The number of amides is 2. The molecular weight excluding hydrogens is 877 g/mol. The van der Waals surface area contributed by atoms with Crippen molar-refractivity contribution in [3.05, 3.63) is 175 Å². The summed E-state index contributed by atoms with van der Waals surface area (Å²) in [5.74, 6) is -0.629. The lowest BCUT2D eigenvalue weighted by Crippen LogP contribution is -2.22. The molecule has 70 heavy (non-hydrogen) atoms. The summed E-state index contributed by atoms with van der Waals surface area (Å²) in [5, 5.41) is 5.85. The van der Waals surface area contributed by atoms with Crippen molar-refractivity contribution in [2.24, 2.45) is 14.1 Å². The first-order valence-corrected chi connectivity index (χ1v) is 23.3. The van der Waals surface area contributed by atoms with Crippen LogP contribution < -0.4 is 21.8 Å². The van der Waals surface area contributed by atoms with Gasteiger partial charge in [-0.25, -0.2) is 19.3 Å². The highest BCUT2D eigenvalue weighted by atomic mass is 16.2. The van der Waals surface area contributed by atoms with Gasteiger partial charge in [-0.05, 0) is 136 Å². The Labute approximate surface area is 405 Å². The Balaban J connectivity index is 1.12. The number of carbonyl (C=O) groups excluding carboxylic acids is 2. The van der Waals surface area contributed by atoms with Gasteiger partial charge in [0.1, 0.15) is 11.4 Å². The van der Waals surface area contributed by atoms with Crippen LogP contribution in [0.25, 0.3) is 67.9 Å². The molecule has 0 unspecified atom stereocenters. The standard InChI is InChI=1S/C56H56N10O4/c1-11-39-31(3)43-27-44-33(5)41(23-25-51(67)61-53-35(7)63(9)65(55(53)69)37-19-15-13-16-20-37)49(59-44)30-50-42(34(6)46(60-50)29-48-40(12-2)32(4)45(58-48)28-47(39)57-43)24-26-52(68)62-54-36(8)64(10)66(56(54)70)38-21-17-14-18-22-38/h11-22,27-30,57-58H,1-2,23-26H2,3-10H3,(H,61,67)(H,62,68). The maximum Gasteiger partial charge on any atom is 0.295 e. The molecule has 7 heterocycles. The highest BCUT2D eigenvalue weighted by Crippen LogP contribution is 2.38. The molecule has 4 N–H and O–H groups in total. The van der Waals surface area contributed by atoms with Crippen LogP contribution in [0.3, 0.4) is 0 Å². The Bertz CT molecular complexity index is 3700. The highest BCUT2D eigenvalue weighted by molar-refractivity contribution is 5.99. The highest BCUT2D eigenvalue weighted by Gasteiger charge is 2.25. The van der Waals surface area contributed by atoms with Crippen molar-refractivity contribution in [1.29, 1.82) is 0 Å². The molecule has 0 spiro atoms. The number of rotatable bonds is 12. The minimum atomic E-state index is -0.322. The van der Waals surface area contributed by atoms with Gasteiger partial charge in [0, 0.05) is 60.1 Å². The third-order valence-electron chi connectivity index (χ3n) is 13.9. The summed E-state index contributed by atoms with van der Waals surface area (Å²) in [6, 6.07) is 26.7. The molecule has 8 bridgehead atoms. The lowest BCUT2D eigenvalue weighted by molar-refractivity contribution is -0.116. The Morgan fingerprint density at radius 3 is 1.36 bits per heavy atom. The minimum Gasteiger partial charge on any atom is -0.355 e. The molecule has 2 amide bonds. The quantitative estimate of drug-likeness (QED) is 0.0951.